The van der Waals surface area contributed by atoms with E-state index in [9.17, 15) is 0 Å². The third kappa shape index (κ3) is 4.22. The Balaban J connectivity index is 1.97. The summed E-state index contributed by atoms with van der Waals surface area (Å²) < 4.78 is 10.4. The van der Waals surface area contributed by atoms with Gasteiger partial charge in [-0.1, -0.05) is 25.0 Å². The SMILES string of the molecule is COCCNCC1(Cc2cccc(OC)c2)CCCC1. The number of benzene rings is 1. The lowest BCUT2D eigenvalue weighted by Gasteiger charge is -2.30. The summed E-state index contributed by atoms with van der Waals surface area (Å²) in [6.45, 7) is 2.82. The minimum Gasteiger partial charge on any atom is -0.497 e. The topological polar surface area (TPSA) is 30.5 Å². The third-order valence-corrected chi connectivity index (χ3v) is 4.36. The van der Waals surface area contributed by atoms with E-state index in [1.807, 2.05) is 6.07 Å². The molecule has 0 unspecified atom stereocenters. The van der Waals surface area contributed by atoms with Crippen molar-refractivity contribution in [2.45, 2.75) is 32.1 Å². The monoisotopic (exact) mass is 277 g/mol. The molecule has 112 valence electrons. The van der Waals surface area contributed by atoms with Gasteiger partial charge in [0.25, 0.3) is 0 Å². The summed E-state index contributed by atoms with van der Waals surface area (Å²) in [6.07, 6.45) is 6.50. The lowest BCUT2D eigenvalue weighted by Crippen LogP contribution is -2.35. The summed E-state index contributed by atoms with van der Waals surface area (Å²) in [5.41, 5.74) is 1.81. The Kier molecular flexibility index (Phi) is 5.86. The van der Waals surface area contributed by atoms with Gasteiger partial charge in [-0.2, -0.15) is 0 Å². The van der Waals surface area contributed by atoms with Crippen LogP contribution in [0.1, 0.15) is 31.2 Å². The van der Waals surface area contributed by atoms with E-state index in [1.165, 1.54) is 31.2 Å². The Bertz CT molecular complexity index is 400. The molecule has 0 amide bonds. The van der Waals surface area contributed by atoms with Gasteiger partial charge in [-0.3, -0.25) is 0 Å². The zero-order valence-electron chi connectivity index (χ0n) is 12.8. The molecule has 0 atom stereocenters. The summed E-state index contributed by atoms with van der Waals surface area (Å²) in [4.78, 5) is 0. The van der Waals surface area contributed by atoms with Crippen LogP contribution in [-0.2, 0) is 11.2 Å². The Hall–Kier alpha value is -1.06. The minimum absolute atomic E-state index is 0.417. The summed E-state index contributed by atoms with van der Waals surface area (Å²) in [5.74, 6) is 0.961. The lowest BCUT2D eigenvalue weighted by molar-refractivity contribution is 0.189. The number of rotatable bonds is 8. The van der Waals surface area contributed by atoms with Gasteiger partial charge in [0.15, 0.2) is 0 Å². The lowest BCUT2D eigenvalue weighted by atomic mass is 9.80. The zero-order valence-corrected chi connectivity index (χ0v) is 12.8. The molecule has 20 heavy (non-hydrogen) atoms. The molecule has 0 aliphatic heterocycles. The molecule has 3 heteroatoms. The first kappa shape index (κ1) is 15.3. The van der Waals surface area contributed by atoms with Crippen molar-refractivity contribution >= 4 is 0 Å². The molecule has 1 fully saturated rings. The van der Waals surface area contributed by atoms with E-state index in [0.717, 1.165) is 31.9 Å². The molecular formula is C17H27NO2. The fraction of sp³-hybridized carbons (Fsp3) is 0.647. The van der Waals surface area contributed by atoms with Crippen molar-refractivity contribution in [1.29, 1.82) is 0 Å². The maximum atomic E-state index is 5.33. The first-order valence-corrected chi connectivity index (χ1v) is 7.61. The van der Waals surface area contributed by atoms with Gasteiger partial charge in [0.05, 0.1) is 13.7 Å². The van der Waals surface area contributed by atoms with Crippen molar-refractivity contribution < 1.29 is 9.47 Å². The highest BCUT2D eigenvalue weighted by Gasteiger charge is 2.33. The second-order valence-electron chi connectivity index (χ2n) is 5.90. The van der Waals surface area contributed by atoms with Crippen molar-refractivity contribution in [3.8, 4) is 5.75 Å². The third-order valence-electron chi connectivity index (χ3n) is 4.36. The molecule has 1 saturated carbocycles. The van der Waals surface area contributed by atoms with Crippen LogP contribution < -0.4 is 10.1 Å². The summed E-state index contributed by atoms with van der Waals surface area (Å²) in [5, 5.41) is 3.56. The van der Waals surface area contributed by atoms with Crippen LogP contribution in [0.5, 0.6) is 5.75 Å². The molecule has 0 saturated heterocycles. The van der Waals surface area contributed by atoms with E-state index in [-0.39, 0.29) is 0 Å². The minimum atomic E-state index is 0.417. The predicted octanol–water partition coefficient (Wildman–Crippen LogP) is 3.03. The van der Waals surface area contributed by atoms with Gasteiger partial charge in [-0.05, 0) is 42.4 Å². The largest absolute Gasteiger partial charge is 0.497 e. The molecule has 3 nitrogen and oxygen atoms in total. The number of methoxy groups -OCH3 is 2. The predicted molar refractivity (Wildman–Crippen MR) is 82.3 cm³/mol. The van der Waals surface area contributed by atoms with Gasteiger partial charge >= 0.3 is 0 Å². The molecule has 1 aromatic carbocycles. The number of hydrogen-bond acceptors (Lipinski definition) is 3. The van der Waals surface area contributed by atoms with E-state index in [1.54, 1.807) is 14.2 Å². The Morgan fingerprint density at radius 1 is 1.20 bits per heavy atom. The van der Waals surface area contributed by atoms with Crippen LogP contribution in [0.3, 0.4) is 0 Å². The van der Waals surface area contributed by atoms with Crippen molar-refractivity contribution in [2.24, 2.45) is 5.41 Å². The maximum absolute atomic E-state index is 5.33. The number of nitrogens with one attached hydrogen (secondary N) is 1. The zero-order chi connectivity index (χ0) is 14.3. The highest BCUT2D eigenvalue weighted by molar-refractivity contribution is 5.29. The maximum Gasteiger partial charge on any atom is 0.119 e. The van der Waals surface area contributed by atoms with Crippen LogP contribution in [0.15, 0.2) is 24.3 Å². The molecular weight excluding hydrogens is 250 g/mol. The summed E-state index contributed by atoms with van der Waals surface area (Å²) in [6, 6.07) is 8.50. The van der Waals surface area contributed by atoms with Gasteiger partial charge in [0.2, 0.25) is 0 Å². The van der Waals surface area contributed by atoms with Gasteiger partial charge in [0, 0.05) is 20.2 Å². The summed E-state index contributed by atoms with van der Waals surface area (Å²) >= 11 is 0. The standard InChI is InChI=1S/C17H27NO2/c1-19-11-10-18-14-17(8-3-4-9-17)13-15-6-5-7-16(12-15)20-2/h5-7,12,18H,3-4,8-11,13-14H2,1-2H3. The molecule has 0 spiro atoms. The van der Waals surface area contributed by atoms with E-state index in [4.69, 9.17) is 9.47 Å². The average Bonchev–Trinajstić information content (AvgIpc) is 2.92. The molecule has 1 aliphatic rings. The highest BCUT2D eigenvalue weighted by Crippen LogP contribution is 2.40. The highest BCUT2D eigenvalue weighted by atomic mass is 16.5. The van der Waals surface area contributed by atoms with Crippen LogP contribution in [0, 0.1) is 5.41 Å². The molecule has 2 rings (SSSR count). The smallest absolute Gasteiger partial charge is 0.119 e. The second-order valence-corrected chi connectivity index (χ2v) is 5.90. The van der Waals surface area contributed by atoms with Gasteiger partial charge in [-0.25, -0.2) is 0 Å². The quantitative estimate of drug-likeness (QED) is 0.741. The Morgan fingerprint density at radius 2 is 2.00 bits per heavy atom. The Labute approximate surface area is 122 Å². The van der Waals surface area contributed by atoms with Crippen molar-refractivity contribution in [3.63, 3.8) is 0 Å². The van der Waals surface area contributed by atoms with Crippen LogP contribution >= 0.6 is 0 Å². The molecule has 0 bridgehead atoms. The second kappa shape index (κ2) is 7.65. The van der Waals surface area contributed by atoms with Crippen LogP contribution in [0.25, 0.3) is 0 Å². The molecule has 1 aromatic rings. The molecule has 1 aliphatic carbocycles. The first-order chi connectivity index (χ1) is 9.78. The van der Waals surface area contributed by atoms with Gasteiger partial charge < -0.3 is 14.8 Å². The van der Waals surface area contributed by atoms with E-state index in [2.05, 4.69) is 23.5 Å². The van der Waals surface area contributed by atoms with E-state index < -0.39 is 0 Å². The molecule has 1 N–H and O–H groups in total. The van der Waals surface area contributed by atoms with Crippen LogP contribution in [0.2, 0.25) is 0 Å². The fourth-order valence-electron chi connectivity index (χ4n) is 3.28. The first-order valence-electron chi connectivity index (χ1n) is 7.61. The van der Waals surface area contributed by atoms with Crippen molar-refractivity contribution in [2.75, 3.05) is 33.9 Å². The van der Waals surface area contributed by atoms with Crippen LogP contribution in [-0.4, -0.2) is 33.9 Å². The summed E-state index contributed by atoms with van der Waals surface area (Å²) in [7, 11) is 3.49. The average molecular weight is 277 g/mol. The molecule has 0 aromatic heterocycles. The molecule has 0 radical (unpaired) electrons. The van der Waals surface area contributed by atoms with E-state index in [0.29, 0.717) is 5.41 Å². The van der Waals surface area contributed by atoms with E-state index >= 15 is 0 Å². The molecule has 0 heterocycles. The van der Waals surface area contributed by atoms with Crippen molar-refractivity contribution in [1.82, 2.24) is 5.32 Å². The fourth-order valence-corrected chi connectivity index (χ4v) is 3.28. The van der Waals surface area contributed by atoms with Gasteiger partial charge in [0.1, 0.15) is 5.75 Å². The van der Waals surface area contributed by atoms with Gasteiger partial charge in [-0.15, -0.1) is 0 Å². The van der Waals surface area contributed by atoms with Crippen molar-refractivity contribution in [3.05, 3.63) is 29.8 Å². The Morgan fingerprint density at radius 3 is 2.70 bits per heavy atom. The van der Waals surface area contributed by atoms with Crippen LogP contribution in [0.4, 0.5) is 0 Å². The number of hydrogen-bond donors (Lipinski definition) is 1. The normalized spacial score (nSPS) is 17.3. The number of ether oxygens (including phenoxy) is 2.